The van der Waals surface area contributed by atoms with E-state index in [4.69, 9.17) is 0 Å². The Hall–Kier alpha value is -3.39. The molecule has 2 amide bonds. The van der Waals surface area contributed by atoms with E-state index in [2.05, 4.69) is 21.6 Å². The van der Waals surface area contributed by atoms with Gasteiger partial charge in [-0.05, 0) is 48.2 Å². The highest BCUT2D eigenvalue weighted by molar-refractivity contribution is 5.98. The van der Waals surface area contributed by atoms with Gasteiger partial charge < -0.3 is 19.5 Å². The van der Waals surface area contributed by atoms with Gasteiger partial charge in [0, 0.05) is 63.0 Å². The molecule has 0 aliphatic carbocycles. The number of piperazine rings is 1. The summed E-state index contributed by atoms with van der Waals surface area (Å²) in [4.78, 5) is 29.9. The molecule has 0 saturated carbocycles. The monoisotopic (exact) mass is 464 g/mol. The van der Waals surface area contributed by atoms with Crippen LogP contribution in [0.15, 0.2) is 42.5 Å². The van der Waals surface area contributed by atoms with E-state index < -0.39 is 6.09 Å². The van der Waals surface area contributed by atoms with E-state index in [0.29, 0.717) is 39.0 Å². The fourth-order valence-electron chi connectivity index (χ4n) is 5.24. The Kier molecular flexibility index (Phi) is 6.00. The van der Waals surface area contributed by atoms with Crippen molar-refractivity contribution in [3.63, 3.8) is 0 Å². The second-order valence-corrected chi connectivity index (χ2v) is 9.15. The Morgan fingerprint density at radius 3 is 2.53 bits per heavy atom. The van der Waals surface area contributed by atoms with Gasteiger partial charge in [0.05, 0.1) is 12.1 Å². The minimum absolute atomic E-state index is 0.0811. The quantitative estimate of drug-likeness (QED) is 0.644. The fraction of sp³-hybridized carbons (Fsp3) is 0.385. The number of carbonyl (C=O) groups excluding carboxylic acids is 1. The fourth-order valence-corrected chi connectivity index (χ4v) is 5.24. The molecule has 3 heterocycles. The van der Waals surface area contributed by atoms with E-state index in [1.807, 2.05) is 18.0 Å². The maximum Gasteiger partial charge on any atom is 0.407 e. The molecule has 2 aliphatic heterocycles. The molecule has 0 atom stereocenters. The minimum Gasteiger partial charge on any atom is -0.465 e. The van der Waals surface area contributed by atoms with Crippen LogP contribution in [0.5, 0.6) is 0 Å². The summed E-state index contributed by atoms with van der Waals surface area (Å²) in [6.07, 6.45) is 1.31. The molecule has 3 aromatic rings. The molecular formula is C26H29FN4O3. The lowest BCUT2D eigenvalue weighted by Gasteiger charge is -2.34. The predicted molar refractivity (Wildman–Crippen MR) is 129 cm³/mol. The van der Waals surface area contributed by atoms with Crippen molar-refractivity contribution in [2.75, 3.05) is 44.2 Å². The zero-order valence-electron chi connectivity index (χ0n) is 19.3. The summed E-state index contributed by atoms with van der Waals surface area (Å²) < 4.78 is 15.3. The number of hydrogen-bond donors (Lipinski definition) is 1. The number of aromatic nitrogens is 1. The summed E-state index contributed by atoms with van der Waals surface area (Å²) in [5.41, 5.74) is 5.44. The molecule has 7 nitrogen and oxygen atoms in total. The van der Waals surface area contributed by atoms with Crippen LogP contribution in [0.2, 0.25) is 0 Å². The minimum atomic E-state index is -0.866. The van der Waals surface area contributed by atoms with Crippen molar-refractivity contribution in [3.8, 4) is 0 Å². The molecule has 178 valence electrons. The highest BCUT2D eigenvalue weighted by Gasteiger charge is 2.27. The molecule has 1 aromatic heterocycles. The summed E-state index contributed by atoms with van der Waals surface area (Å²) in [7, 11) is 2.02. The van der Waals surface area contributed by atoms with Crippen LogP contribution in [-0.4, -0.2) is 70.7 Å². The average Bonchev–Trinajstić information content (AvgIpc) is 2.97. The van der Waals surface area contributed by atoms with E-state index in [0.717, 1.165) is 41.7 Å². The van der Waals surface area contributed by atoms with Crippen molar-refractivity contribution < 1.29 is 19.1 Å². The van der Waals surface area contributed by atoms with Crippen LogP contribution in [0.1, 0.15) is 16.8 Å². The predicted octanol–water partition coefficient (Wildman–Crippen LogP) is 3.29. The summed E-state index contributed by atoms with van der Waals surface area (Å²) in [5.74, 6) is -0.154. The molecular weight excluding hydrogens is 435 g/mol. The largest absolute Gasteiger partial charge is 0.465 e. The van der Waals surface area contributed by atoms with Crippen molar-refractivity contribution in [2.45, 2.75) is 19.3 Å². The second-order valence-electron chi connectivity index (χ2n) is 9.15. The number of carbonyl (C=O) groups is 2. The Balaban J connectivity index is 1.29. The van der Waals surface area contributed by atoms with Crippen LogP contribution in [0.4, 0.5) is 14.9 Å². The van der Waals surface area contributed by atoms with Crippen molar-refractivity contribution >= 4 is 28.6 Å². The van der Waals surface area contributed by atoms with Gasteiger partial charge >= 0.3 is 6.09 Å². The van der Waals surface area contributed by atoms with Crippen LogP contribution in [0, 0.1) is 5.82 Å². The van der Waals surface area contributed by atoms with Gasteiger partial charge in [0.2, 0.25) is 5.91 Å². The number of fused-ring (bicyclic) bond motifs is 3. The van der Waals surface area contributed by atoms with Gasteiger partial charge in [0.1, 0.15) is 5.82 Å². The Labute approximate surface area is 198 Å². The topological polar surface area (TPSA) is 69.0 Å². The van der Waals surface area contributed by atoms with E-state index in [1.54, 1.807) is 12.1 Å². The Bertz CT molecular complexity index is 1240. The number of nitrogens with zero attached hydrogens (tertiary/aromatic N) is 4. The average molecular weight is 465 g/mol. The number of benzene rings is 2. The highest BCUT2D eigenvalue weighted by Crippen LogP contribution is 2.32. The van der Waals surface area contributed by atoms with Gasteiger partial charge in [-0.3, -0.25) is 9.69 Å². The maximum absolute atomic E-state index is 13.1. The zero-order valence-corrected chi connectivity index (χ0v) is 19.3. The molecule has 2 aliphatic rings. The molecule has 0 unspecified atom stereocenters. The number of hydrogen-bond acceptors (Lipinski definition) is 3. The lowest BCUT2D eigenvalue weighted by Crippen LogP contribution is -2.50. The van der Waals surface area contributed by atoms with Crippen LogP contribution in [-0.2, 0) is 31.1 Å². The normalized spacial score (nSPS) is 17.2. The first kappa shape index (κ1) is 22.4. The van der Waals surface area contributed by atoms with Crippen molar-refractivity contribution in [1.82, 2.24) is 14.4 Å². The number of rotatable bonds is 4. The zero-order chi connectivity index (χ0) is 23.8. The van der Waals surface area contributed by atoms with Gasteiger partial charge in [-0.2, -0.15) is 0 Å². The third-order valence-electron chi connectivity index (χ3n) is 7.18. The van der Waals surface area contributed by atoms with Crippen molar-refractivity contribution in [1.29, 1.82) is 0 Å². The summed E-state index contributed by atoms with van der Waals surface area (Å²) in [6.45, 7) is 3.56. The molecule has 2 aromatic carbocycles. The van der Waals surface area contributed by atoms with Gasteiger partial charge in [0.25, 0.3) is 0 Å². The molecule has 34 heavy (non-hydrogen) atoms. The first-order valence-corrected chi connectivity index (χ1v) is 11.8. The summed E-state index contributed by atoms with van der Waals surface area (Å²) >= 11 is 0. The van der Waals surface area contributed by atoms with Crippen molar-refractivity contribution in [3.05, 3.63) is 65.1 Å². The smallest absolute Gasteiger partial charge is 0.407 e. The third kappa shape index (κ3) is 4.25. The third-order valence-corrected chi connectivity index (χ3v) is 7.18. The Morgan fingerprint density at radius 2 is 1.79 bits per heavy atom. The summed E-state index contributed by atoms with van der Waals surface area (Å²) in [6, 6.07) is 12.7. The first-order valence-electron chi connectivity index (χ1n) is 11.8. The van der Waals surface area contributed by atoms with Crippen molar-refractivity contribution in [2.24, 2.45) is 7.05 Å². The molecule has 0 bridgehead atoms. The number of aryl methyl sites for hydroxylation is 1. The summed E-state index contributed by atoms with van der Waals surface area (Å²) in [5, 5.41) is 10.5. The second kappa shape index (κ2) is 9.10. The SMILES string of the molecule is Cn1c2c(c3ccc(N4CCN(CCc5ccc(F)cc5)CC4=O)cc31)CCN(C(=O)O)CC2. The number of carboxylic acid groups (broad SMARTS) is 1. The molecule has 0 radical (unpaired) electrons. The highest BCUT2D eigenvalue weighted by atomic mass is 19.1. The first-order chi connectivity index (χ1) is 16.4. The van der Waals surface area contributed by atoms with E-state index in [-0.39, 0.29) is 11.7 Å². The van der Waals surface area contributed by atoms with E-state index >= 15 is 0 Å². The standard InChI is InChI=1S/C26H29FN4O3/c1-28-23-10-13-30(26(33)34)12-9-22(23)21-7-6-20(16-24(21)28)31-15-14-29(17-25(31)32)11-8-18-2-4-19(27)5-3-18/h2-7,16H,8-15,17H2,1H3,(H,33,34). The molecule has 1 fully saturated rings. The van der Waals surface area contributed by atoms with E-state index in [1.165, 1.54) is 28.3 Å². The molecule has 0 spiro atoms. The maximum atomic E-state index is 13.1. The van der Waals surface area contributed by atoms with Gasteiger partial charge in [-0.25, -0.2) is 9.18 Å². The molecule has 8 heteroatoms. The lowest BCUT2D eigenvalue weighted by molar-refractivity contribution is -0.121. The van der Waals surface area contributed by atoms with Crippen LogP contribution < -0.4 is 4.90 Å². The van der Waals surface area contributed by atoms with Gasteiger partial charge in [0.15, 0.2) is 0 Å². The number of anilines is 1. The molecule has 1 saturated heterocycles. The van der Waals surface area contributed by atoms with E-state index in [9.17, 15) is 19.1 Å². The van der Waals surface area contributed by atoms with Gasteiger partial charge in [-0.1, -0.05) is 18.2 Å². The number of amides is 2. The van der Waals surface area contributed by atoms with Crippen LogP contribution in [0.25, 0.3) is 10.9 Å². The van der Waals surface area contributed by atoms with Crippen LogP contribution in [0.3, 0.4) is 0 Å². The number of halogens is 1. The van der Waals surface area contributed by atoms with Crippen LogP contribution >= 0.6 is 0 Å². The Morgan fingerprint density at radius 1 is 1.03 bits per heavy atom. The lowest BCUT2D eigenvalue weighted by atomic mass is 10.1. The molecule has 5 rings (SSSR count). The molecule has 1 N–H and O–H groups in total. The van der Waals surface area contributed by atoms with Gasteiger partial charge in [-0.15, -0.1) is 0 Å².